The van der Waals surface area contributed by atoms with Gasteiger partial charge in [-0.1, -0.05) is 0 Å². The summed E-state index contributed by atoms with van der Waals surface area (Å²) < 4.78 is 11.2. The third-order valence-electron chi connectivity index (χ3n) is 4.63. The summed E-state index contributed by atoms with van der Waals surface area (Å²) in [4.78, 5) is 0. The topological polar surface area (TPSA) is 62.5 Å². The van der Waals surface area contributed by atoms with E-state index in [9.17, 15) is 10.4 Å². The molecular formula is C13H19NO3. The van der Waals surface area contributed by atoms with Crippen molar-refractivity contribution in [2.45, 2.75) is 50.4 Å². The Labute approximate surface area is 102 Å². The Bertz CT molecular complexity index is 334. The summed E-state index contributed by atoms with van der Waals surface area (Å²) in [6.07, 6.45) is 4.15. The lowest BCUT2D eigenvalue weighted by Gasteiger charge is -2.38. The first-order chi connectivity index (χ1) is 8.26. The van der Waals surface area contributed by atoms with Gasteiger partial charge in [0.1, 0.15) is 5.41 Å². The predicted molar refractivity (Wildman–Crippen MR) is 60.1 cm³/mol. The van der Waals surface area contributed by atoms with E-state index in [1.54, 1.807) is 0 Å². The van der Waals surface area contributed by atoms with Gasteiger partial charge in [0.05, 0.1) is 31.0 Å². The van der Waals surface area contributed by atoms with Crippen molar-refractivity contribution in [3.63, 3.8) is 0 Å². The van der Waals surface area contributed by atoms with Gasteiger partial charge in [-0.2, -0.15) is 5.26 Å². The molecule has 0 aromatic rings. The van der Waals surface area contributed by atoms with E-state index >= 15 is 0 Å². The number of fused-ring (bicyclic) bond motifs is 2. The molecule has 94 valence electrons. The molecule has 3 fully saturated rings. The maximum absolute atomic E-state index is 10.6. The highest BCUT2D eigenvalue weighted by molar-refractivity contribution is 5.16. The molecule has 3 heterocycles. The molecule has 17 heavy (non-hydrogen) atoms. The van der Waals surface area contributed by atoms with Crippen molar-refractivity contribution in [2.24, 2.45) is 11.3 Å². The molecule has 0 aromatic carbocycles. The number of aliphatic hydroxyl groups is 1. The summed E-state index contributed by atoms with van der Waals surface area (Å²) in [5.41, 5.74) is -0.672. The highest BCUT2D eigenvalue weighted by Crippen LogP contribution is 2.51. The number of rotatable bonds is 2. The number of hydrogen-bond acceptors (Lipinski definition) is 4. The van der Waals surface area contributed by atoms with Crippen LogP contribution in [0.3, 0.4) is 0 Å². The van der Waals surface area contributed by atoms with Gasteiger partial charge in [-0.3, -0.25) is 0 Å². The molecule has 0 radical (unpaired) electrons. The molecule has 0 aromatic heterocycles. The summed E-state index contributed by atoms with van der Waals surface area (Å²) in [5, 5.41) is 20.1. The monoisotopic (exact) mass is 237 g/mol. The number of nitriles is 1. The summed E-state index contributed by atoms with van der Waals surface area (Å²) in [6, 6.07) is 2.38. The second kappa shape index (κ2) is 4.24. The standard InChI is InChI=1S/C13H19NO3/c14-8-13(6-10-3-4-11(13)17-10)12(15)9-2-1-5-16-7-9/h9-12,15H,1-7H2. The normalized spacial score (nSPS) is 46.7. The first-order valence-electron chi connectivity index (χ1n) is 6.59. The van der Waals surface area contributed by atoms with E-state index in [0.717, 1.165) is 32.3 Å². The molecule has 4 heteroatoms. The van der Waals surface area contributed by atoms with Crippen LogP contribution in [0, 0.1) is 22.7 Å². The highest BCUT2D eigenvalue weighted by Gasteiger charge is 2.58. The summed E-state index contributed by atoms with van der Waals surface area (Å²) in [6.45, 7) is 1.37. The van der Waals surface area contributed by atoms with Crippen molar-refractivity contribution in [1.29, 1.82) is 5.26 Å². The van der Waals surface area contributed by atoms with E-state index in [2.05, 4.69) is 6.07 Å². The Hall–Kier alpha value is -0.630. The lowest BCUT2D eigenvalue weighted by Crippen LogP contribution is -2.48. The minimum Gasteiger partial charge on any atom is -0.391 e. The largest absolute Gasteiger partial charge is 0.391 e. The van der Waals surface area contributed by atoms with Gasteiger partial charge in [0.25, 0.3) is 0 Å². The average molecular weight is 237 g/mol. The number of ether oxygens (including phenoxy) is 2. The minimum atomic E-state index is -0.672. The predicted octanol–water partition coefficient (Wildman–Crippen LogP) is 1.24. The molecule has 4 nitrogen and oxygen atoms in total. The zero-order valence-electron chi connectivity index (χ0n) is 9.97. The number of hydrogen-bond donors (Lipinski definition) is 1. The Morgan fingerprint density at radius 1 is 1.35 bits per heavy atom. The van der Waals surface area contributed by atoms with Crippen molar-refractivity contribution < 1.29 is 14.6 Å². The van der Waals surface area contributed by atoms with Gasteiger partial charge in [0.2, 0.25) is 0 Å². The van der Waals surface area contributed by atoms with Crippen molar-refractivity contribution in [1.82, 2.24) is 0 Å². The van der Waals surface area contributed by atoms with Crippen LogP contribution in [-0.4, -0.2) is 36.6 Å². The molecule has 3 rings (SSSR count). The lowest BCUT2D eigenvalue weighted by molar-refractivity contribution is -0.0713. The molecule has 2 bridgehead atoms. The smallest absolute Gasteiger partial charge is 0.112 e. The maximum Gasteiger partial charge on any atom is 0.112 e. The van der Waals surface area contributed by atoms with Crippen LogP contribution in [-0.2, 0) is 9.47 Å². The zero-order valence-corrected chi connectivity index (χ0v) is 9.97. The van der Waals surface area contributed by atoms with Crippen LogP contribution in [0.25, 0.3) is 0 Å². The van der Waals surface area contributed by atoms with Crippen molar-refractivity contribution in [3.05, 3.63) is 0 Å². The summed E-state index contributed by atoms with van der Waals surface area (Å²) in [5.74, 6) is 0.103. The fraction of sp³-hybridized carbons (Fsp3) is 0.923. The minimum absolute atomic E-state index is 0.0607. The van der Waals surface area contributed by atoms with Crippen molar-refractivity contribution in [3.8, 4) is 6.07 Å². The molecular weight excluding hydrogens is 218 g/mol. The van der Waals surface area contributed by atoms with Gasteiger partial charge in [0, 0.05) is 12.5 Å². The van der Waals surface area contributed by atoms with Crippen LogP contribution in [0.4, 0.5) is 0 Å². The highest BCUT2D eigenvalue weighted by atomic mass is 16.5. The van der Waals surface area contributed by atoms with Gasteiger partial charge in [-0.15, -0.1) is 0 Å². The van der Waals surface area contributed by atoms with Crippen LogP contribution < -0.4 is 0 Å². The van der Waals surface area contributed by atoms with Crippen LogP contribution in [0.2, 0.25) is 0 Å². The third-order valence-corrected chi connectivity index (χ3v) is 4.63. The Morgan fingerprint density at radius 3 is 2.76 bits per heavy atom. The van der Waals surface area contributed by atoms with Gasteiger partial charge in [-0.05, 0) is 32.1 Å². The second-order valence-electron chi connectivity index (χ2n) is 5.60. The second-order valence-corrected chi connectivity index (χ2v) is 5.60. The van der Waals surface area contributed by atoms with E-state index in [1.165, 1.54) is 0 Å². The number of nitrogens with zero attached hydrogens (tertiary/aromatic N) is 1. The molecule has 3 saturated heterocycles. The van der Waals surface area contributed by atoms with E-state index in [1.807, 2.05) is 0 Å². The lowest BCUT2D eigenvalue weighted by atomic mass is 9.67. The van der Waals surface area contributed by atoms with Gasteiger partial charge in [0.15, 0.2) is 0 Å². The van der Waals surface area contributed by atoms with E-state index in [4.69, 9.17) is 9.47 Å². The van der Waals surface area contributed by atoms with Crippen LogP contribution in [0.15, 0.2) is 0 Å². The average Bonchev–Trinajstić information content (AvgIpc) is 2.99. The molecule has 0 spiro atoms. The molecule has 1 N–H and O–H groups in total. The van der Waals surface area contributed by atoms with E-state index < -0.39 is 11.5 Å². The summed E-state index contributed by atoms with van der Waals surface area (Å²) >= 11 is 0. The third kappa shape index (κ3) is 1.69. The molecule has 3 aliphatic rings. The van der Waals surface area contributed by atoms with E-state index in [-0.39, 0.29) is 18.1 Å². The molecule has 5 atom stereocenters. The molecule has 0 saturated carbocycles. The van der Waals surface area contributed by atoms with Crippen LogP contribution in [0.1, 0.15) is 32.1 Å². The first-order valence-corrected chi connectivity index (χ1v) is 6.59. The fourth-order valence-corrected chi connectivity index (χ4v) is 3.67. The Kier molecular flexibility index (Phi) is 2.86. The van der Waals surface area contributed by atoms with Crippen LogP contribution in [0.5, 0.6) is 0 Å². The molecule has 0 aliphatic carbocycles. The SMILES string of the molecule is N#CC1(C(O)C2CCCOC2)CC2CCC1O2. The van der Waals surface area contributed by atoms with Gasteiger partial charge < -0.3 is 14.6 Å². The van der Waals surface area contributed by atoms with Gasteiger partial charge in [-0.25, -0.2) is 0 Å². The fourth-order valence-electron chi connectivity index (χ4n) is 3.67. The molecule has 5 unspecified atom stereocenters. The number of aliphatic hydroxyl groups excluding tert-OH is 1. The quantitative estimate of drug-likeness (QED) is 0.784. The zero-order chi connectivity index (χ0) is 11.9. The van der Waals surface area contributed by atoms with E-state index in [0.29, 0.717) is 13.0 Å². The van der Waals surface area contributed by atoms with Crippen molar-refractivity contribution in [2.75, 3.05) is 13.2 Å². The Balaban J connectivity index is 1.78. The molecule has 0 amide bonds. The Morgan fingerprint density at radius 2 is 2.24 bits per heavy atom. The van der Waals surface area contributed by atoms with Crippen LogP contribution >= 0.6 is 0 Å². The summed E-state index contributed by atoms with van der Waals surface area (Å²) in [7, 11) is 0. The van der Waals surface area contributed by atoms with Crippen molar-refractivity contribution >= 4 is 0 Å². The molecule has 3 aliphatic heterocycles. The van der Waals surface area contributed by atoms with Gasteiger partial charge >= 0.3 is 0 Å². The maximum atomic E-state index is 10.6. The first kappa shape index (κ1) is 11.5.